The Balaban J connectivity index is 1.20. The standard InChI is InChI=1S/C31H27FN8O2/c32-20-10-18(12-22(41)13-20)29-23-14-27(37-25(23)5-8-35-29)31-30-26(39-40-31)2-1-24(38-30)19-11-21(16-34-15-19)36-28(42)9-17-3-6-33-7-4-17/h1-2,5,8,10-17,33,37,41H,3-4,6-7,9H2,(H,36,42)(H,39,40). The third kappa shape index (κ3) is 5.06. The summed E-state index contributed by atoms with van der Waals surface area (Å²) in [5.41, 5.74) is 6.55. The number of carbonyl (C=O) groups excluding carboxylic acids is 1. The number of nitrogens with one attached hydrogen (secondary N) is 4. The van der Waals surface area contributed by atoms with Crippen molar-refractivity contribution in [2.75, 3.05) is 18.4 Å². The molecule has 10 nitrogen and oxygen atoms in total. The zero-order chi connectivity index (χ0) is 28.6. The van der Waals surface area contributed by atoms with Crippen LogP contribution in [0.3, 0.4) is 0 Å². The van der Waals surface area contributed by atoms with Crippen LogP contribution in [0, 0.1) is 11.7 Å². The number of phenolic OH excluding ortho intramolecular Hbond substituents is 1. The van der Waals surface area contributed by atoms with E-state index in [1.807, 2.05) is 30.3 Å². The lowest BCUT2D eigenvalue weighted by Crippen LogP contribution is -2.30. The first-order valence-electron chi connectivity index (χ1n) is 13.8. The van der Waals surface area contributed by atoms with Crippen LogP contribution in [0.4, 0.5) is 10.1 Å². The average molecular weight is 563 g/mol. The van der Waals surface area contributed by atoms with Crippen molar-refractivity contribution in [2.45, 2.75) is 19.3 Å². The predicted molar refractivity (Wildman–Crippen MR) is 158 cm³/mol. The number of anilines is 1. The fraction of sp³-hybridized carbons (Fsp3) is 0.194. The van der Waals surface area contributed by atoms with Crippen LogP contribution in [-0.4, -0.2) is 54.2 Å². The van der Waals surface area contributed by atoms with Gasteiger partial charge in [-0.15, -0.1) is 0 Å². The molecule has 6 heterocycles. The van der Waals surface area contributed by atoms with Crippen LogP contribution in [0.15, 0.2) is 67.1 Å². The average Bonchev–Trinajstić information content (AvgIpc) is 3.61. The van der Waals surface area contributed by atoms with Gasteiger partial charge in [0.25, 0.3) is 0 Å². The summed E-state index contributed by atoms with van der Waals surface area (Å²) in [4.78, 5) is 29.7. The van der Waals surface area contributed by atoms with E-state index in [2.05, 4.69) is 35.8 Å². The minimum Gasteiger partial charge on any atom is -0.508 e. The second-order valence-electron chi connectivity index (χ2n) is 10.6. The third-order valence-electron chi connectivity index (χ3n) is 7.62. The highest BCUT2D eigenvalue weighted by atomic mass is 19.1. The number of hydrogen-bond donors (Lipinski definition) is 5. The lowest BCUT2D eigenvalue weighted by molar-refractivity contribution is -0.117. The molecule has 1 amide bonds. The molecule has 1 aliphatic rings. The number of pyridine rings is 3. The van der Waals surface area contributed by atoms with Crippen LogP contribution >= 0.6 is 0 Å². The minimum absolute atomic E-state index is 0.0116. The van der Waals surface area contributed by atoms with Gasteiger partial charge in [0, 0.05) is 46.9 Å². The van der Waals surface area contributed by atoms with E-state index in [-0.39, 0.29) is 11.7 Å². The highest BCUT2D eigenvalue weighted by molar-refractivity contribution is 5.99. The Labute approximate surface area is 239 Å². The van der Waals surface area contributed by atoms with Gasteiger partial charge in [0.2, 0.25) is 5.91 Å². The number of aromatic nitrogens is 6. The maximum atomic E-state index is 14.0. The van der Waals surface area contributed by atoms with Crippen LogP contribution in [0.25, 0.3) is 55.8 Å². The molecule has 0 unspecified atom stereocenters. The number of benzene rings is 1. The zero-order valence-corrected chi connectivity index (χ0v) is 22.5. The van der Waals surface area contributed by atoms with Crippen molar-refractivity contribution in [1.82, 2.24) is 35.5 Å². The number of hydrogen-bond acceptors (Lipinski definition) is 7. The first-order valence-corrected chi connectivity index (χ1v) is 13.8. The van der Waals surface area contributed by atoms with E-state index in [0.29, 0.717) is 51.9 Å². The van der Waals surface area contributed by atoms with Crippen molar-refractivity contribution < 1.29 is 14.3 Å². The van der Waals surface area contributed by atoms with Gasteiger partial charge in [0.05, 0.1) is 34.5 Å². The van der Waals surface area contributed by atoms with Crippen LogP contribution in [0.2, 0.25) is 0 Å². The van der Waals surface area contributed by atoms with Crippen LogP contribution in [-0.2, 0) is 4.79 Å². The molecule has 0 atom stereocenters. The molecule has 5 aromatic heterocycles. The Morgan fingerprint density at radius 2 is 1.88 bits per heavy atom. The molecule has 0 aliphatic carbocycles. The topological polar surface area (TPSA) is 144 Å². The van der Waals surface area contributed by atoms with Crippen molar-refractivity contribution in [1.29, 1.82) is 0 Å². The van der Waals surface area contributed by atoms with Gasteiger partial charge in [0.15, 0.2) is 0 Å². The molecular formula is C31H27FN8O2. The summed E-state index contributed by atoms with van der Waals surface area (Å²) in [7, 11) is 0. The molecule has 1 aliphatic heterocycles. The normalized spacial score (nSPS) is 14.0. The van der Waals surface area contributed by atoms with Crippen LogP contribution in [0.5, 0.6) is 5.75 Å². The Bertz CT molecular complexity index is 1920. The van der Waals surface area contributed by atoms with Crippen molar-refractivity contribution in [3.63, 3.8) is 0 Å². The quantitative estimate of drug-likeness (QED) is 0.183. The molecule has 0 saturated carbocycles. The van der Waals surface area contributed by atoms with E-state index in [1.54, 1.807) is 18.6 Å². The van der Waals surface area contributed by atoms with Crippen molar-refractivity contribution >= 4 is 33.5 Å². The fourth-order valence-electron chi connectivity index (χ4n) is 5.58. The van der Waals surface area contributed by atoms with Gasteiger partial charge in [0.1, 0.15) is 22.8 Å². The molecule has 1 fully saturated rings. The first-order chi connectivity index (χ1) is 20.5. The van der Waals surface area contributed by atoms with Gasteiger partial charge < -0.3 is 20.7 Å². The largest absolute Gasteiger partial charge is 0.508 e. The number of fused-ring (bicyclic) bond motifs is 2. The lowest BCUT2D eigenvalue weighted by atomic mass is 9.94. The Morgan fingerprint density at radius 1 is 1.00 bits per heavy atom. The summed E-state index contributed by atoms with van der Waals surface area (Å²) in [6.45, 7) is 1.90. The van der Waals surface area contributed by atoms with Crippen molar-refractivity contribution in [2.24, 2.45) is 5.92 Å². The number of phenols is 1. The smallest absolute Gasteiger partial charge is 0.224 e. The molecule has 0 bridgehead atoms. The molecule has 11 heteroatoms. The number of rotatable bonds is 6. The summed E-state index contributed by atoms with van der Waals surface area (Å²) < 4.78 is 14.0. The molecular weight excluding hydrogens is 535 g/mol. The van der Waals surface area contributed by atoms with Crippen LogP contribution in [0.1, 0.15) is 19.3 Å². The first kappa shape index (κ1) is 25.8. The second-order valence-corrected chi connectivity index (χ2v) is 10.6. The van der Waals surface area contributed by atoms with E-state index in [0.717, 1.165) is 54.0 Å². The van der Waals surface area contributed by atoms with Crippen molar-refractivity contribution in [3.8, 4) is 39.7 Å². The number of aromatic amines is 2. The second kappa shape index (κ2) is 10.7. The molecule has 5 N–H and O–H groups in total. The SMILES string of the molecule is O=C(CC1CCNCC1)Nc1cncc(-c2ccc3[nH]nc(-c4cc5c(-c6cc(O)cc(F)c6)nccc5[nH]4)c3n2)c1. The van der Waals surface area contributed by atoms with E-state index in [4.69, 9.17) is 4.98 Å². The molecule has 210 valence electrons. The van der Waals surface area contributed by atoms with Gasteiger partial charge in [-0.05, 0) is 74.3 Å². The Hall–Kier alpha value is -5.16. The summed E-state index contributed by atoms with van der Waals surface area (Å²) >= 11 is 0. The summed E-state index contributed by atoms with van der Waals surface area (Å²) in [6, 6.07) is 13.2. The molecule has 42 heavy (non-hydrogen) atoms. The molecule has 1 aromatic carbocycles. The third-order valence-corrected chi connectivity index (χ3v) is 7.62. The highest BCUT2D eigenvalue weighted by Crippen LogP contribution is 2.34. The van der Waals surface area contributed by atoms with E-state index < -0.39 is 5.82 Å². The minimum atomic E-state index is -0.547. The molecule has 0 spiro atoms. The summed E-state index contributed by atoms with van der Waals surface area (Å²) in [5, 5.41) is 24.6. The van der Waals surface area contributed by atoms with Gasteiger partial charge in [-0.3, -0.25) is 19.9 Å². The maximum Gasteiger partial charge on any atom is 0.224 e. The van der Waals surface area contributed by atoms with E-state index >= 15 is 0 Å². The van der Waals surface area contributed by atoms with Gasteiger partial charge >= 0.3 is 0 Å². The Kier molecular flexibility index (Phi) is 6.55. The number of H-pyrrole nitrogens is 2. The Morgan fingerprint density at radius 3 is 2.74 bits per heavy atom. The number of nitrogens with zero attached hydrogens (tertiary/aromatic N) is 4. The predicted octanol–water partition coefficient (Wildman–Crippen LogP) is 5.40. The number of piperidine rings is 1. The highest BCUT2D eigenvalue weighted by Gasteiger charge is 2.19. The van der Waals surface area contributed by atoms with Gasteiger partial charge in [-0.2, -0.15) is 5.10 Å². The molecule has 1 saturated heterocycles. The van der Waals surface area contributed by atoms with Gasteiger partial charge in [-0.1, -0.05) is 0 Å². The van der Waals surface area contributed by atoms with E-state index in [1.165, 1.54) is 12.1 Å². The van der Waals surface area contributed by atoms with Crippen LogP contribution < -0.4 is 10.6 Å². The summed E-state index contributed by atoms with van der Waals surface area (Å²) in [6.07, 6.45) is 7.49. The fourth-order valence-corrected chi connectivity index (χ4v) is 5.58. The number of halogens is 1. The molecule has 6 aromatic rings. The lowest BCUT2D eigenvalue weighted by Gasteiger charge is -2.21. The van der Waals surface area contributed by atoms with E-state index in [9.17, 15) is 14.3 Å². The molecule has 7 rings (SSSR count). The van der Waals surface area contributed by atoms with Crippen molar-refractivity contribution in [3.05, 3.63) is 72.9 Å². The zero-order valence-electron chi connectivity index (χ0n) is 22.5. The van der Waals surface area contributed by atoms with Gasteiger partial charge in [-0.25, -0.2) is 9.37 Å². The number of amides is 1. The number of aromatic hydroxyl groups is 1. The summed E-state index contributed by atoms with van der Waals surface area (Å²) in [5.74, 6) is -0.338. The maximum absolute atomic E-state index is 14.0. The molecule has 0 radical (unpaired) electrons. The monoisotopic (exact) mass is 562 g/mol. The number of carbonyl (C=O) groups is 1.